The molecule has 12 nitrogen and oxygen atoms in total. The molecule has 0 bridgehead atoms. The molecule has 6 heterocycles. The third kappa shape index (κ3) is 5.81. The highest BCUT2D eigenvalue weighted by atomic mass is 35.5. The number of amides is 1. The summed E-state index contributed by atoms with van der Waals surface area (Å²) in [5.41, 5.74) is 4.34. The Kier molecular flexibility index (Phi) is 9.18. The highest BCUT2D eigenvalue weighted by Crippen LogP contribution is 2.45. The van der Waals surface area contributed by atoms with E-state index in [9.17, 15) is 15.2 Å². The molecule has 3 saturated heterocycles. The number of nitriles is 1. The van der Waals surface area contributed by atoms with Gasteiger partial charge in [0.2, 0.25) is 5.88 Å². The number of hydrogen-bond acceptors (Lipinski definition) is 8. The highest BCUT2D eigenvalue weighted by molar-refractivity contribution is 6.35. The third-order valence-electron chi connectivity index (χ3n) is 11.5. The fourth-order valence-electron chi connectivity index (χ4n) is 8.52. The molecule has 272 valence electrons. The Morgan fingerprint density at radius 1 is 1.06 bits per heavy atom. The molecular formula is C38H42ClFN8O4. The van der Waals surface area contributed by atoms with Gasteiger partial charge >= 0.3 is 6.09 Å². The largest absolute Gasteiger partial charge is 0.475 e. The number of likely N-dealkylation sites (N-methyl/N-ethyl adjacent to an activating group) is 1. The lowest BCUT2D eigenvalue weighted by molar-refractivity contribution is -0.0366. The molecule has 1 N–H and O–H groups in total. The summed E-state index contributed by atoms with van der Waals surface area (Å²) in [6, 6.07) is 5.43. The van der Waals surface area contributed by atoms with Gasteiger partial charge in [-0.1, -0.05) is 11.6 Å². The van der Waals surface area contributed by atoms with E-state index in [0.717, 1.165) is 60.7 Å². The Hall–Kier alpha value is -4.51. The minimum atomic E-state index is -1.05. The molecule has 2 aromatic carbocycles. The van der Waals surface area contributed by atoms with Gasteiger partial charge in [0.15, 0.2) is 12.0 Å². The number of halogens is 2. The van der Waals surface area contributed by atoms with Crippen molar-refractivity contribution in [3.63, 3.8) is 0 Å². The van der Waals surface area contributed by atoms with Crippen LogP contribution < -0.4 is 4.74 Å². The number of aromatic nitrogens is 5. The van der Waals surface area contributed by atoms with Crippen LogP contribution in [0.4, 0.5) is 9.18 Å². The van der Waals surface area contributed by atoms with Gasteiger partial charge in [0.1, 0.15) is 12.1 Å². The number of carboxylic acid groups (broad SMARTS) is 1. The summed E-state index contributed by atoms with van der Waals surface area (Å²) >= 11 is 7.16. The minimum Gasteiger partial charge on any atom is -0.475 e. The van der Waals surface area contributed by atoms with Crippen molar-refractivity contribution in [2.45, 2.75) is 89.6 Å². The summed E-state index contributed by atoms with van der Waals surface area (Å²) in [6.07, 6.45) is 8.11. The van der Waals surface area contributed by atoms with Gasteiger partial charge < -0.3 is 24.4 Å². The normalized spacial score (nSPS) is 22.8. The summed E-state index contributed by atoms with van der Waals surface area (Å²) in [6.45, 7) is 6.26. The SMILES string of the molecule is Cc1cc2c(cnn2C2CCCCO2)c(-c2c(Cl)cc3c(nc(OC[C@@H]4CCCN4C)c4cnn([C@H]5CCN(C(=O)O)[C@H](CC#N)C5)c43)c2F)c1C. The lowest BCUT2D eigenvalue weighted by Gasteiger charge is -2.37. The van der Waals surface area contributed by atoms with Gasteiger partial charge in [-0.15, -0.1) is 0 Å². The van der Waals surface area contributed by atoms with E-state index in [0.29, 0.717) is 47.9 Å². The molecule has 52 heavy (non-hydrogen) atoms. The number of pyridine rings is 1. The molecule has 0 aliphatic carbocycles. The summed E-state index contributed by atoms with van der Waals surface area (Å²) in [5.74, 6) is -0.286. The second-order valence-electron chi connectivity index (χ2n) is 14.5. The van der Waals surface area contributed by atoms with E-state index >= 15 is 4.39 Å². The molecule has 1 amide bonds. The molecule has 5 aromatic rings. The van der Waals surface area contributed by atoms with Crippen molar-refractivity contribution in [1.29, 1.82) is 5.26 Å². The average Bonchev–Trinajstić information content (AvgIpc) is 3.88. The molecule has 3 aliphatic rings. The maximum Gasteiger partial charge on any atom is 0.407 e. The Bertz CT molecular complexity index is 2240. The molecular weight excluding hydrogens is 687 g/mol. The monoisotopic (exact) mass is 728 g/mol. The number of hydrogen-bond donors (Lipinski definition) is 1. The Balaban J connectivity index is 1.31. The van der Waals surface area contributed by atoms with Gasteiger partial charge in [0.05, 0.1) is 58.4 Å². The summed E-state index contributed by atoms with van der Waals surface area (Å²) < 4.78 is 33.8. The van der Waals surface area contributed by atoms with Crippen LogP contribution in [0.5, 0.6) is 5.88 Å². The van der Waals surface area contributed by atoms with Crippen LogP contribution in [-0.2, 0) is 4.74 Å². The van der Waals surface area contributed by atoms with E-state index in [1.165, 1.54) is 4.90 Å². The number of carbonyl (C=O) groups is 1. The van der Waals surface area contributed by atoms with E-state index < -0.39 is 18.0 Å². The zero-order chi connectivity index (χ0) is 36.3. The van der Waals surface area contributed by atoms with Gasteiger partial charge in [-0.25, -0.2) is 18.9 Å². The Morgan fingerprint density at radius 3 is 2.60 bits per heavy atom. The van der Waals surface area contributed by atoms with Crippen molar-refractivity contribution in [2.24, 2.45) is 0 Å². The first-order valence-corrected chi connectivity index (χ1v) is 18.5. The van der Waals surface area contributed by atoms with Crippen molar-refractivity contribution in [2.75, 3.05) is 33.4 Å². The van der Waals surface area contributed by atoms with Crippen LogP contribution in [-0.4, -0.2) is 91.0 Å². The zero-order valence-corrected chi connectivity index (χ0v) is 30.4. The average molecular weight is 729 g/mol. The number of ether oxygens (including phenoxy) is 2. The minimum absolute atomic E-state index is 0.0607. The first kappa shape index (κ1) is 34.6. The van der Waals surface area contributed by atoms with Crippen molar-refractivity contribution < 1.29 is 23.8 Å². The number of aryl methyl sites for hydroxylation is 1. The summed E-state index contributed by atoms with van der Waals surface area (Å²) in [5, 5.41) is 31.0. The van der Waals surface area contributed by atoms with Gasteiger partial charge in [-0.05, 0) is 95.6 Å². The first-order chi connectivity index (χ1) is 25.2. The first-order valence-electron chi connectivity index (χ1n) is 18.1. The lowest BCUT2D eigenvalue weighted by Crippen LogP contribution is -2.45. The van der Waals surface area contributed by atoms with Crippen LogP contribution in [0.15, 0.2) is 24.5 Å². The smallest absolute Gasteiger partial charge is 0.407 e. The predicted octanol–water partition coefficient (Wildman–Crippen LogP) is 7.78. The van der Waals surface area contributed by atoms with Crippen molar-refractivity contribution in [3.8, 4) is 23.1 Å². The Labute approximate surface area is 305 Å². The number of nitrogens with zero attached hydrogens (tertiary/aromatic N) is 8. The quantitative estimate of drug-likeness (QED) is 0.178. The van der Waals surface area contributed by atoms with Crippen LogP contribution >= 0.6 is 11.6 Å². The van der Waals surface area contributed by atoms with Gasteiger partial charge in [0.25, 0.3) is 0 Å². The van der Waals surface area contributed by atoms with Crippen LogP contribution in [0.25, 0.3) is 43.8 Å². The standard InChI is InChI=1S/C38H42ClFN8O4/c1-21-15-30-27(18-43-48(30)31-8-4-5-14-51-31)32(22(21)2)33-29(39)17-26-35(34(33)40)44-37(52-20-25-7-6-12-45(25)3)28-19-42-47(36(26)28)24-10-13-46(38(49)50)23(16-24)9-11-41/h15,17-19,23-25,31H,4-10,12-14,16,20H2,1-3H3,(H,49,50)/t23-,24+,25+,31?/m1/s1. The van der Waals surface area contributed by atoms with Crippen molar-refractivity contribution in [1.82, 2.24) is 34.3 Å². The molecule has 3 aromatic heterocycles. The van der Waals surface area contributed by atoms with Crippen LogP contribution in [0.1, 0.15) is 74.8 Å². The molecule has 8 rings (SSSR count). The van der Waals surface area contributed by atoms with E-state index in [2.05, 4.69) is 24.1 Å². The third-order valence-corrected chi connectivity index (χ3v) is 11.8. The number of piperidine rings is 1. The summed E-state index contributed by atoms with van der Waals surface area (Å²) in [4.78, 5) is 20.5. The molecule has 3 aliphatic heterocycles. The molecule has 1 unspecified atom stereocenters. The van der Waals surface area contributed by atoms with Gasteiger partial charge in [0, 0.05) is 41.1 Å². The lowest BCUT2D eigenvalue weighted by atomic mass is 9.92. The molecule has 0 saturated carbocycles. The van der Waals surface area contributed by atoms with E-state index in [1.807, 2.05) is 23.2 Å². The van der Waals surface area contributed by atoms with Gasteiger partial charge in [-0.3, -0.25) is 4.68 Å². The second kappa shape index (κ2) is 13.8. The fourth-order valence-corrected chi connectivity index (χ4v) is 8.81. The Morgan fingerprint density at radius 2 is 1.87 bits per heavy atom. The van der Waals surface area contributed by atoms with E-state index in [4.69, 9.17) is 36.3 Å². The van der Waals surface area contributed by atoms with E-state index in [-0.39, 0.29) is 53.3 Å². The number of rotatable bonds is 7. The van der Waals surface area contributed by atoms with E-state index in [1.54, 1.807) is 18.5 Å². The van der Waals surface area contributed by atoms with Crippen LogP contribution in [0.2, 0.25) is 5.02 Å². The molecule has 3 fully saturated rings. The van der Waals surface area contributed by atoms with Crippen molar-refractivity contribution >= 4 is 50.4 Å². The number of likely N-dealkylation sites (tertiary alicyclic amines) is 2. The fraction of sp³-hybridized carbons (Fsp3) is 0.500. The number of benzene rings is 2. The van der Waals surface area contributed by atoms with Gasteiger partial charge in [-0.2, -0.15) is 15.5 Å². The highest BCUT2D eigenvalue weighted by Gasteiger charge is 2.35. The molecule has 4 atom stereocenters. The van der Waals surface area contributed by atoms with Crippen LogP contribution in [0.3, 0.4) is 0 Å². The maximum absolute atomic E-state index is 17.5. The number of fused-ring (bicyclic) bond motifs is 4. The summed E-state index contributed by atoms with van der Waals surface area (Å²) in [7, 11) is 2.07. The van der Waals surface area contributed by atoms with Crippen LogP contribution in [0, 0.1) is 31.0 Å². The molecule has 0 radical (unpaired) electrons. The maximum atomic E-state index is 17.5. The molecule has 0 spiro atoms. The van der Waals surface area contributed by atoms with Crippen molar-refractivity contribution in [3.05, 3.63) is 46.5 Å². The zero-order valence-electron chi connectivity index (χ0n) is 29.6. The predicted molar refractivity (Wildman–Crippen MR) is 195 cm³/mol. The topological polar surface area (TPSA) is 135 Å². The second-order valence-corrected chi connectivity index (χ2v) is 14.9. The molecule has 14 heteroatoms.